The minimum absolute atomic E-state index is 0.0734. The molecule has 1 aromatic heterocycles. The summed E-state index contributed by atoms with van der Waals surface area (Å²) in [5.41, 5.74) is 0.901. The van der Waals surface area contributed by atoms with Gasteiger partial charge in [-0.05, 0) is 37.3 Å². The average Bonchev–Trinajstić information content (AvgIpc) is 3.24. The molecule has 1 aliphatic rings. The van der Waals surface area contributed by atoms with Crippen molar-refractivity contribution in [3.63, 3.8) is 0 Å². The molecule has 1 aromatic carbocycles. The molecule has 3 rings (SSSR count). The summed E-state index contributed by atoms with van der Waals surface area (Å²) in [6.07, 6.45) is 3.18. The Bertz CT molecular complexity index is 771. The van der Waals surface area contributed by atoms with Gasteiger partial charge in [0, 0.05) is 35.2 Å². The molecular weight excluding hydrogens is 412 g/mol. The topological polar surface area (TPSA) is 68.3 Å². The van der Waals surface area contributed by atoms with Crippen LogP contribution in [0.1, 0.15) is 19.3 Å². The average molecular weight is 431 g/mol. The number of halogens is 1. The lowest BCUT2D eigenvalue weighted by molar-refractivity contribution is 0.123. The third-order valence-corrected chi connectivity index (χ3v) is 6.57. The van der Waals surface area contributed by atoms with E-state index in [0.29, 0.717) is 24.6 Å². The second-order valence-electron chi connectivity index (χ2n) is 5.77. The molecule has 0 radical (unpaired) electrons. The summed E-state index contributed by atoms with van der Waals surface area (Å²) in [4.78, 5) is 4.25. The zero-order chi connectivity index (χ0) is 17.0. The summed E-state index contributed by atoms with van der Waals surface area (Å²) < 4.78 is 33.6. The van der Waals surface area contributed by atoms with Crippen LogP contribution < -0.4 is 4.72 Å². The van der Waals surface area contributed by atoms with Crippen LogP contribution in [0.2, 0.25) is 0 Å². The van der Waals surface area contributed by atoms with Crippen molar-refractivity contribution >= 4 is 37.3 Å². The molecule has 1 aliphatic carbocycles. The molecule has 0 atom stereocenters. The molecule has 1 N–H and O–H groups in total. The molecule has 130 valence electrons. The van der Waals surface area contributed by atoms with E-state index in [1.165, 1.54) is 24.2 Å². The Hall–Kier alpha value is -0.800. The largest absolute Gasteiger partial charge is 0.381 e. The zero-order valence-electron chi connectivity index (χ0n) is 13.1. The summed E-state index contributed by atoms with van der Waals surface area (Å²) in [6, 6.07) is 7.63. The quantitative estimate of drug-likeness (QED) is 0.616. The minimum atomic E-state index is -3.56. The van der Waals surface area contributed by atoms with Crippen LogP contribution >= 0.6 is 27.3 Å². The number of thiazole rings is 1. The second kappa shape index (κ2) is 8.05. The molecule has 8 heteroatoms. The summed E-state index contributed by atoms with van der Waals surface area (Å²) in [7, 11) is -3.56. The van der Waals surface area contributed by atoms with Gasteiger partial charge in [-0.15, -0.1) is 11.3 Å². The van der Waals surface area contributed by atoms with Gasteiger partial charge in [-0.1, -0.05) is 28.1 Å². The highest BCUT2D eigenvalue weighted by Gasteiger charge is 2.21. The lowest BCUT2D eigenvalue weighted by Gasteiger charge is -2.05. The predicted octanol–water partition coefficient (Wildman–Crippen LogP) is 3.67. The molecule has 0 amide bonds. The first kappa shape index (κ1) is 18.0. The van der Waals surface area contributed by atoms with Crippen molar-refractivity contribution in [2.24, 2.45) is 5.92 Å². The van der Waals surface area contributed by atoms with Gasteiger partial charge in [-0.25, -0.2) is 18.1 Å². The van der Waals surface area contributed by atoms with Crippen molar-refractivity contribution in [1.29, 1.82) is 0 Å². The summed E-state index contributed by atoms with van der Waals surface area (Å²) >= 11 is 4.70. The van der Waals surface area contributed by atoms with Gasteiger partial charge in [-0.3, -0.25) is 0 Å². The molecule has 0 saturated heterocycles. The molecular formula is C16H19BrN2O3S2. The van der Waals surface area contributed by atoms with Crippen molar-refractivity contribution in [3.8, 4) is 10.6 Å². The number of aromatic nitrogens is 1. The van der Waals surface area contributed by atoms with Crippen molar-refractivity contribution < 1.29 is 13.2 Å². The number of hydrogen-bond donors (Lipinski definition) is 1. The van der Waals surface area contributed by atoms with Crippen LogP contribution in [-0.2, 0) is 14.8 Å². The van der Waals surface area contributed by atoms with Crippen LogP contribution in [0.15, 0.2) is 39.1 Å². The van der Waals surface area contributed by atoms with E-state index in [0.717, 1.165) is 22.6 Å². The first-order valence-electron chi connectivity index (χ1n) is 7.83. The fourth-order valence-corrected chi connectivity index (χ4v) is 4.53. The smallest absolute Gasteiger partial charge is 0.258 e. The SMILES string of the molecule is O=S(=O)(NCCCOCC1CC1)c1csc(-c2ccc(Br)cc2)n1. The Balaban J connectivity index is 1.51. The van der Waals surface area contributed by atoms with Gasteiger partial charge in [0.1, 0.15) is 5.01 Å². The summed E-state index contributed by atoms with van der Waals surface area (Å²) in [5, 5.41) is 2.34. The first-order chi connectivity index (χ1) is 11.5. The molecule has 5 nitrogen and oxygen atoms in total. The number of rotatable bonds is 9. The highest BCUT2D eigenvalue weighted by molar-refractivity contribution is 9.10. The lowest BCUT2D eigenvalue weighted by Crippen LogP contribution is -2.26. The fraction of sp³-hybridized carbons (Fsp3) is 0.438. The van der Waals surface area contributed by atoms with E-state index in [-0.39, 0.29) is 5.03 Å². The summed E-state index contributed by atoms with van der Waals surface area (Å²) in [6.45, 7) is 1.74. The molecule has 1 saturated carbocycles. The monoisotopic (exact) mass is 430 g/mol. The predicted molar refractivity (Wildman–Crippen MR) is 98.6 cm³/mol. The zero-order valence-corrected chi connectivity index (χ0v) is 16.3. The van der Waals surface area contributed by atoms with Gasteiger partial charge in [0.2, 0.25) is 0 Å². The van der Waals surface area contributed by atoms with Crippen molar-refractivity contribution in [2.75, 3.05) is 19.8 Å². The number of ether oxygens (including phenoxy) is 1. The number of nitrogens with one attached hydrogen (secondary N) is 1. The van der Waals surface area contributed by atoms with Gasteiger partial charge in [-0.2, -0.15) is 0 Å². The Morgan fingerprint density at radius 1 is 1.29 bits per heavy atom. The standard InChI is InChI=1S/C16H19BrN2O3S2/c17-14-6-4-13(5-7-14)16-19-15(11-23-16)24(20,21)18-8-1-9-22-10-12-2-3-12/h4-7,11-12,18H,1-3,8-10H2. The second-order valence-corrected chi connectivity index (χ2v) is 9.26. The molecule has 0 bridgehead atoms. The van der Waals surface area contributed by atoms with E-state index in [9.17, 15) is 8.42 Å². The van der Waals surface area contributed by atoms with E-state index in [1.807, 2.05) is 24.3 Å². The van der Waals surface area contributed by atoms with Gasteiger partial charge in [0.05, 0.1) is 0 Å². The van der Waals surface area contributed by atoms with E-state index in [2.05, 4.69) is 25.6 Å². The van der Waals surface area contributed by atoms with Gasteiger partial charge in [0.15, 0.2) is 5.03 Å². The van der Waals surface area contributed by atoms with Crippen molar-refractivity contribution in [2.45, 2.75) is 24.3 Å². The van der Waals surface area contributed by atoms with Crippen LogP contribution in [0.25, 0.3) is 10.6 Å². The fourth-order valence-electron chi connectivity index (χ4n) is 2.10. The maximum absolute atomic E-state index is 12.3. The van der Waals surface area contributed by atoms with E-state index in [4.69, 9.17) is 4.74 Å². The highest BCUT2D eigenvalue weighted by Crippen LogP contribution is 2.29. The molecule has 0 aliphatic heterocycles. The van der Waals surface area contributed by atoms with E-state index < -0.39 is 10.0 Å². The first-order valence-corrected chi connectivity index (χ1v) is 11.0. The Morgan fingerprint density at radius 2 is 2.04 bits per heavy atom. The number of nitrogens with zero attached hydrogens (tertiary/aromatic N) is 1. The third-order valence-electron chi connectivity index (χ3n) is 3.66. The normalized spacial score (nSPS) is 14.9. The van der Waals surface area contributed by atoms with Crippen LogP contribution in [0.5, 0.6) is 0 Å². The maximum atomic E-state index is 12.3. The van der Waals surface area contributed by atoms with Crippen LogP contribution in [-0.4, -0.2) is 33.2 Å². The number of benzene rings is 1. The minimum Gasteiger partial charge on any atom is -0.381 e. The van der Waals surface area contributed by atoms with Crippen molar-refractivity contribution in [1.82, 2.24) is 9.71 Å². The molecule has 0 unspecified atom stereocenters. The number of hydrogen-bond acceptors (Lipinski definition) is 5. The Labute approximate surface area is 154 Å². The molecule has 1 fully saturated rings. The van der Waals surface area contributed by atoms with Crippen LogP contribution in [0, 0.1) is 5.92 Å². The van der Waals surface area contributed by atoms with Crippen molar-refractivity contribution in [3.05, 3.63) is 34.1 Å². The van der Waals surface area contributed by atoms with Crippen LogP contribution in [0.4, 0.5) is 0 Å². The van der Waals surface area contributed by atoms with E-state index >= 15 is 0 Å². The van der Waals surface area contributed by atoms with Crippen LogP contribution in [0.3, 0.4) is 0 Å². The molecule has 1 heterocycles. The molecule has 0 spiro atoms. The van der Waals surface area contributed by atoms with Gasteiger partial charge in [0.25, 0.3) is 10.0 Å². The molecule has 2 aromatic rings. The summed E-state index contributed by atoms with van der Waals surface area (Å²) in [5.74, 6) is 0.730. The van der Waals surface area contributed by atoms with Gasteiger partial charge >= 0.3 is 0 Å². The Morgan fingerprint density at radius 3 is 2.75 bits per heavy atom. The highest BCUT2D eigenvalue weighted by atomic mass is 79.9. The van der Waals surface area contributed by atoms with E-state index in [1.54, 1.807) is 5.38 Å². The maximum Gasteiger partial charge on any atom is 0.258 e. The third kappa shape index (κ3) is 5.10. The number of sulfonamides is 1. The van der Waals surface area contributed by atoms with Gasteiger partial charge < -0.3 is 4.74 Å². The lowest BCUT2D eigenvalue weighted by atomic mass is 10.2. The molecule has 24 heavy (non-hydrogen) atoms. The Kier molecular flexibility index (Phi) is 6.04.